The van der Waals surface area contributed by atoms with Gasteiger partial charge in [0.25, 0.3) is 10.0 Å². The molecule has 0 atom stereocenters. The number of nitrogen functional groups attached to an aromatic ring is 1. The number of nitrogens with one attached hydrogen (secondary N) is 3. The molecule has 0 spiro atoms. The Morgan fingerprint density at radius 1 is 1.38 bits per heavy atom. The van der Waals surface area contributed by atoms with Gasteiger partial charge in [0.2, 0.25) is 0 Å². The molecule has 0 unspecified atom stereocenters. The Morgan fingerprint density at radius 2 is 2.24 bits per heavy atom. The van der Waals surface area contributed by atoms with Crippen molar-refractivity contribution in [1.82, 2.24) is 24.1 Å². The van der Waals surface area contributed by atoms with Crippen LogP contribution in [0, 0.1) is 0 Å². The van der Waals surface area contributed by atoms with Crippen molar-refractivity contribution in [3.05, 3.63) is 42.6 Å². The first-order chi connectivity index (χ1) is 10.1. The van der Waals surface area contributed by atoms with Gasteiger partial charge in [0.05, 0.1) is 6.54 Å². The van der Waals surface area contributed by atoms with Crippen LogP contribution in [0.15, 0.2) is 41.8 Å². The number of sulfonamides is 1. The molecule has 110 valence electrons. The molecule has 5 N–H and O–H groups in total. The number of hydrogen-bond donors (Lipinski definition) is 4. The van der Waals surface area contributed by atoms with Gasteiger partial charge >= 0.3 is 0 Å². The lowest BCUT2D eigenvalue weighted by Crippen LogP contribution is -2.26. The average Bonchev–Trinajstić information content (AvgIpc) is 3.12. The molecule has 21 heavy (non-hydrogen) atoms. The summed E-state index contributed by atoms with van der Waals surface area (Å²) in [5.41, 5.74) is 2.79. The molecule has 0 saturated carbocycles. The third-order valence-corrected chi connectivity index (χ3v) is 4.29. The number of pyridine rings is 1. The summed E-state index contributed by atoms with van der Waals surface area (Å²) in [5, 5.41) is -0.0489. The summed E-state index contributed by atoms with van der Waals surface area (Å²) in [7, 11) is -3.81. The molecule has 10 heteroatoms. The average molecular weight is 307 g/mol. The van der Waals surface area contributed by atoms with E-state index in [1.165, 1.54) is 4.40 Å². The standard InChI is InChI=1S/C11H13N7O2S/c12-17-10-11(18-6-2-1-3-9(18)16-10)21(19,20)15-7-8-13-4-5-14-8/h1-6,15,17H,7,12H2,(H,13,14). The Bertz CT molecular complexity index is 854. The number of aromatic amines is 1. The van der Waals surface area contributed by atoms with E-state index in [2.05, 4.69) is 25.1 Å². The van der Waals surface area contributed by atoms with Crippen molar-refractivity contribution < 1.29 is 8.42 Å². The molecule has 3 rings (SSSR count). The summed E-state index contributed by atoms with van der Waals surface area (Å²) in [6, 6.07) is 5.15. The maximum atomic E-state index is 12.5. The van der Waals surface area contributed by atoms with Crippen molar-refractivity contribution in [3.63, 3.8) is 0 Å². The Balaban J connectivity index is 2.01. The second-order valence-corrected chi connectivity index (χ2v) is 5.88. The fourth-order valence-electron chi connectivity index (χ4n) is 1.95. The number of H-pyrrole nitrogens is 1. The number of aromatic nitrogens is 4. The molecule has 3 aromatic rings. The van der Waals surface area contributed by atoms with Crippen LogP contribution in [0.4, 0.5) is 5.82 Å². The minimum atomic E-state index is -3.81. The predicted octanol–water partition coefficient (Wildman–Crippen LogP) is -0.178. The zero-order valence-corrected chi connectivity index (χ0v) is 11.6. The summed E-state index contributed by atoms with van der Waals surface area (Å²) in [6.45, 7) is 0.0411. The molecular weight excluding hydrogens is 294 g/mol. The van der Waals surface area contributed by atoms with Crippen LogP contribution in [0.3, 0.4) is 0 Å². The summed E-state index contributed by atoms with van der Waals surface area (Å²) in [5.74, 6) is 5.95. The zero-order chi connectivity index (χ0) is 14.9. The van der Waals surface area contributed by atoms with Crippen LogP contribution in [-0.2, 0) is 16.6 Å². The number of rotatable bonds is 5. The van der Waals surface area contributed by atoms with Gasteiger partial charge in [-0.1, -0.05) is 6.07 Å². The van der Waals surface area contributed by atoms with E-state index < -0.39 is 10.0 Å². The molecule has 0 amide bonds. The second kappa shape index (κ2) is 5.16. The van der Waals surface area contributed by atoms with Gasteiger partial charge in [-0.05, 0) is 12.1 Å². The first kappa shape index (κ1) is 13.5. The van der Waals surface area contributed by atoms with Crippen LogP contribution in [0.1, 0.15) is 5.82 Å². The molecular formula is C11H13N7O2S. The first-order valence-corrected chi connectivity index (χ1v) is 7.52. The van der Waals surface area contributed by atoms with Crippen molar-refractivity contribution in [2.24, 2.45) is 5.84 Å². The van der Waals surface area contributed by atoms with Crippen LogP contribution in [0.5, 0.6) is 0 Å². The third-order valence-electron chi connectivity index (χ3n) is 2.86. The zero-order valence-electron chi connectivity index (χ0n) is 10.8. The van der Waals surface area contributed by atoms with Crippen LogP contribution in [-0.4, -0.2) is 27.8 Å². The molecule has 0 bridgehead atoms. The lowest BCUT2D eigenvalue weighted by molar-refractivity contribution is 0.575. The van der Waals surface area contributed by atoms with Crippen molar-refractivity contribution in [3.8, 4) is 0 Å². The number of nitrogens with two attached hydrogens (primary N) is 1. The number of nitrogens with zero attached hydrogens (tertiary/aromatic N) is 3. The van der Waals surface area contributed by atoms with Gasteiger partial charge in [-0.2, -0.15) is 0 Å². The Hall–Kier alpha value is -2.43. The third kappa shape index (κ3) is 2.46. The Morgan fingerprint density at radius 3 is 2.95 bits per heavy atom. The van der Waals surface area contributed by atoms with Gasteiger partial charge in [-0.15, -0.1) is 0 Å². The highest BCUT2D eigenvalue weighted by molar-refractivity contribution is 7.89. The van der Waals surface area contributed by atoms with Gasteiger partial charge in [0, 0.05) is 18.6 Å². The van der Waals surface area contributed by atoms with Crippen molar-refractivity contribution in [1.29, 1.82) is 0 Å². The van der Waals surface area contributed by atoms with Gasteiger partial charge in [-0.3, -0.25) is 4.40 Å². The molecule has 0 aromatic carbocycles. The van der Waals surface area contributed by atoms with Gasteiger partial charge in [-0.25, -0.2) is 29.0 Å². The highest BCUT2D eigenvalue weighted by Crippen LogP contribution is 2.21. The topological polar surface area (TPSA) is 130 Å². The fourth-order valence-corrected chi connectivity index (χ4v) is 3.19. The molecule has 0 fully saturated rings. The van der Waals surface area contributed by atoms with Gasteiger partial charge in [0.1, 0.15) is 11.5 Å². The predicted molar refractivity (Wildman–Crippen MR) is 75.6 cm³/mol. The molecule has 0 aliphatic heterocycles. The van der Waals surface area contributed by atoms with Crippen molar-refractivity contribution in [2.75, 3.05) is 5.43 Å². The molecule has 0 aliphatic rings. The number of imidazole rings is 2. The molecule has 3 heterocycles. The SMILES string of the molecule is NNc1nc2ccccn2c1S(=O)(=O)NCc1ncc[nH]1. The quantitative estimate of drug-likeness (QED) is 0.382. The Labute approximate surface area is 120 Å². The van der Waals surface area contributed by atoms with Crippen LogP contribution < -0.4 is 16.0 Å². The number of fused-ring (bicyclic) bond motifs is 1. The van der Waals surface area contributed by atoms with E-state index in [0.717, 1.165) is 0 Å². The minimum absolute atomic E-state index is 0.0411. The van der Waals surface area contributed by atoms with E-state index in [9.17, 15) is 8.42 Å². The van der Waals surface area contributed by atoms with Crippen LogP contribution in [0.2, 0.25) is 0 Å². The van der Waals surface area contributed by atoms with Gasteiger partial charge < -0.3 is 10.4 Å². The highest BCUT2D eigenvalue weighted by atomic mass is 32.2. The molecule has 3 aromatic heterocycles. The highest BCUT2D eigenvalue weighted by Gasteiger charge is 2.24. The molecule has 0 saturated heterocycles. The minimum Gasteiger partial charge on any atom is -0.347 e. The first-order valence-electron chi connectivity index (χ1n) is 6.03. The maximum absolute atomic E-state index is 12.5. The second-order valence-electron chi connectivity index (χ2n) is 4.20. The number of anilines is 1. The normalized spacial score (nSPS) is 11.9. The van der Waals surface area contributed by atoms with Crippen molar-refractivity contribution >= 4 is 21.5 Å². The lowest BCUT2D eigenvalue weighted by atomic mass is 10.5. The summed E-state index contributed by atoms with van der Waals surface area (Å²) in [6.07, 6.45) is 4.76. The number of hydrogen-bond acceptors (Lipinski definition) is 6. The van der Waals surface area contributed by atoms with E-state index in [4.69, 9.17) is 5.84 Å². The Kier molecular flexibility index (Phi) is 3.33. The van der Waals surface area contributed by atoms with Crippen molar-refractivity contribution in [2.45, 2.75) is 11.6 Å². The molecule has 0 radical (unpaired) electrons. The summed E-state index contributed by atoms with van der Waals surface area (Å²) >= 11 is 0. The van der Waals surface area contributed by atoms with E-state index >= 15 is 0 Å². The summed E-state index contributed by atoms with van der Waals surface area (Å²) < 4.78 is 28.8. The van der Waals surface area contributed by atoms with Crippen LogP contribution in [0.25, 0.3) is 5.65 Å². The largest absolute Gasteiger partial charge is 0.347 e. The molecule has 9 nitrogen and oxygen atoms in total. The number of hydrazine groups is 1. The van der Waals surface area contributed by atoms with E-state index in [-0.39, 0.29) is 17.4 Å². The molecule has 0 aliphatic carbocycles. The smallest absolute Gasteiger partial charge is 0.260 e. The maximum Gasteiger partial charge on any atom is 0.260 e. The van der Waals surface area contributed by atoms with E-state index in [1.807, 2.05) is 0 Å². The lowest BCUT2D eigenvalue weighted by Gasteiger charge is -2.07. The fraction of sp³-hybridized carbons (Fsp3) is 0.0909. The summed E-state index contributed by atoms with van der Waals surface area (Å²) in [4.78, 5) is 10.9. The van der Waals surface area contributed by atoms with E-state index in [1.54, 1.807) is 36.8 Å². The monoisotopic (exact) mass is 307 g/mol. The van der Waals surface area contributed by atoms with Gasteiger partial charge in [0.15, 0.2) is 10.8 Å². The van der Waals surface area contributed by atoms with Crippen LogP contribution >= 0.6 is 0 Å². The van der Waals surface area contributed by atoms with E-state index in [0.29, 0.717) is 11.5 Å².